The van der Waals surface area contributed by atoms with Crippen molar-refractivity contribution in [2.75, 3.05) is 39.4 Å². The van der Waals surface area contributed by atoms with Crippen LogP contribution in [0.3, 0.4) is 0 Å². The van der Waals surface area contributed by atoms with E-state index in [2.05, 4.69) is 5.32 Å². The van der Waals surface area contributed by atoms with Gasteiger partial charge in [0.25, 0.3) is 0 Å². The predicted octanol–water partition coefficient (Wildman–Crippen LogP) is 0.261. The van der Waals surface area contributed by atoms with Crippen LogP contribution in [0.2, 0.25) is 0 Å². The van der Waals surface area contributed by atoms with Crippen LogP contribution in [0.15, 0.2) is 0 Å². The standard InChI is InChI=1S/C15H27N3O3/c16-12-15(5-2-1-3-6-15)14(20)17-7-4-13(19)18-8-10-21-11-9-18/h1-12,16H2,(H,17,20). The molecule has 1 aliphatic heterocycles. The lowest BCUT2D eigenvalue weighted by Gasteiger charge is -2.34. The molecule has 1 saturated heterocycles. The fraction of sp³-hybridized carbons (Fsp3) is 0.867. The van der Waals surface area contributed by atoms with Crippen LogP contribution < -0.4 is 11.1 Å². The zero-order valence-electron chi connectivity index (χ0n) is 12.7. The Morgan fingerprint density at radius 2 is 1.81 bits per heavy atom. The van der Waals surface area contributed by atoms with Crippen LogP contribution in [0.5, 0.6) is 0 Å². The van der Waals surface area contributed by atoms with E-state index in [1.807, 2.05) is 0 Å². The monoisotopic (exact) mass is 297 g/mol. The number of nitrogens with one attached hydrogen (secondary N) is 1. The first-order chi connectivity index (χ1) is 10.2. The Morgan fingerprint density at radius 1 is 1.14 bits per heavy atom. The van der Waals surface area contributed by atoms with E-state index >= 15 is 0 Å². The molecule has 0 aromatic heterocycles. The highest BCUT2D eigenvalue weighted by molar-refractivity contribution is 5.84. The van der Waals surface area contributed by atoms with Gasteiger partial charge < -0.3 is 20.7 Å². The molecule has 0 radical (unpaired) electrons. The second kappa shape index (κ2) is 7.75. The van der Waals surface area contributed by atoms with Crippen LogP contribution in [0, 0.1) is 5.41 Å². The Balaban J connectivity index is 1.74. The van der Waals surface area contributed by atoms with Gasteiger partial charge in [-0.1, -0.05) is 19.3 Å². The maximum Gasteiger partial charge on any atom is 0.227 e. The molecular weight excluding hydrogens is 270 g/mol. The topological polar surface area (TPSA) is 84.7 Å². The average molecular weight is 297 g/mol. The molecule has 120 valence electrons. The number of nitrogens with two attached hydrogens (primary N) is 1. The molecule has 1 saturated carbocycles. The summed E-state index contributed by atoms with van der Waals surface area (Å²) in [4.78, 5) is 26.2. The molecule has 2 rings (SSSR count). The number of rotatable bonds is 5. The van der Waals surface area contributed by atoms with Crippen molar-refractivity contribution in [3.8, 4) is 0 Å². The summed E-state index contributed by atoms with van der Waals surface area (Å²) in [6.07, 6.45) is 5.41. The first-order valence-electron chi connectivity index (χ1n) is 8.02. The molecule has 0 atom stereocenters. The number of carbonyl (C=O) groups is 2. The molecule has 3 N–H and O–H groups in total. The number of hydrogen-bond donors (Lipinski definition) is 2. The van der Waals surface area contributed by atoms with Gasteiger partial charge in [-0.2, -0.15) is 0 Å². The van der Waals surface area contributed by atoms with E-state index in [-0.39, 0.29) is 11.8 Å². The van der Waals surface area contributed by atoms with Crippen molar-refractivity contribution in [2.45, 2.75) is 38.5 Å². The molecule has 0 spiro atoms. The summed E-state index contributed by atoms with van der Waals surface area (Å²) in [6.45, 7) is 3.31. The lowest BCUT2D eigenvalue weighted by Crippen LogP contribution is -2.48. The molecule has 0 aromatic rings. The van der Waals surface area contributed by atoms with Gasteiger partial charge in [-0.25, -0.2) is 0 Å². The predicted molar refractivity (Wildman–Crippen MR) is 79.6 cm³/mol. The van der Waals surface area contributed by atoms with Crippen LogP contribution in [-0.4, -0.2) is 56.1 Å². The molecule has 0 bridgehead atoms. The van der Waals surface area contributed by atoms with Crippen LogP contribution in [0.4, 0.5) is 0 Å². The molecular formula is C15H27N3O3. The lowest BCUT2D eigenvalue weighted by atomic mass is 9.73. The third-order valence-electron chi connectivity index (χ3n) is 4.67. The van der Waals surface area contributed by atoms with Gasteiger partial charge in [-0.15, -0.1) is 0 Å². The molecule has 1 aliphatic carbocycles. The third kappa shape index (κ3) is 4.17. The minimum atomic E-state index is -0.403. The summed E-state index contributed by atoms with van der Waals surface area (Å²) in [5, 5.41) is 2.92. The van der Waals surface area contributed by atoms with E-state index in [1.165, 1.54) is 6.42 Å². The maximum atomic E-state index is 12.4. The van der Waals surface area contributed by atoms with Crippen molar-refractivity contribution < 1.29 is 14.3 Å². The van der Waals surface area contributed by atoms with Crippen LogP contribution in [-0.2, 0) is 14.3 Å². The van der Waals surface area contributed by atoms with Crippen molar-refractivity contribution in [3.05, 3.63) is 0 Å². The van der Waals surface area contributed by atoms with Gasteiger partial charge in [0.1, 0.15) is 0 Å². The Morgan fingerprint density at radius 3 is 2.43 bits per heavy atom. The van der Waals surface area contributed by atoms with Gasteiger partial charge in [0.05, 0.1) is 18.6 Å². The van der Waals surface area contributed by atoms with Crippen molar-refractivity contribution in [1.82, 2.24) is 10.2 Å². The summed E-state index contributed by atoms with van der Waals surface area (Å²) in [7, 11) is 0. The maximum absolute atomic E-state index is 12.4. The van der Waals surface area contributed by atoms with Gasteiger partial charge in [-0.05, 0) is 12.8 Å². The second-order valence-electron chi connectivity index (χ2n) is 6.04. The van der Waals surface area contributed by atoms with Crippen molar-refractivity contribution >= 4 is 11.8 Å². The number of hydrogen-bond acceptors (Lipinski definition) is 4. The number of ether oxygens (including phenoxy) is 1. The molecule has 2 amide bonds. The van der Waals surface area contributed by atoms with Gasteiger partial charge in [0, 0.05) is 32.6 Å². The number of carbonyl (C=O) groups excluding carboxylic acids is 2. The summed E-state index contributed by atoms with van der Waals surface area (Å²) in [5.74, 6) is 0.114. The highest BCUT2D eigenvalue weighted by Gasteiger charge is 2.37. The van der Waals surface area contributed by atoms with Crippen molar-refractivity contribution in [1.29, 1.82) is 0 Å². The second-order valence-corrected chi connectivity index (χ2v) is 6.04. The summed E-state index contributed by atoms with van der Waals surface area (Å²) < 4.78 is 5.22. The number of morpholine rings is 1. The third-order valence-corrected chi connectivity index (χ3v) is 4.67. The Labute approximate surface area is 126 Å². The summed E-state index contributed by atoms with van der Waals surface area (Å²) in [5.41, 5.74) is 5.44. The first-order valence-corrected chi connectivity index (χ1v) is 8.02. The Hall–Kier alpha value is -1.14. The zero-order valence-corrected chi connectivity index (χ0v) is 12.7. The quantitative estimate of drug-likeness (QED) is 0.762. The van der Waals surface area contributed by atoms with E-state index in [1.54, 1.807) is 4.90 Å². The number of nitrogens with zero attached hydrogens (tertiary/aromatic N) is 1. The Kier molecular flexibility index (Phi) is 5.99. The summed E-state index contributed by atoms with van der Waals surface area (Å²) >= 11 is 0. The van der Waals surface area contributed by atoms with E-state index in [9.17, 15) is 9.59 Å². The van der Waals surface area contributed by atoms with E-state index < -0.39 is 5.41 Å². The molecule has 6 nitrogen and oxygen atoms in total. The first kappa shape index (κ1) is 16.2. The van der Waals surface area contributed by atoms with Crippen molar-refractivity contribution in [2.24, 2.45) is 11.1 Å². The van der Waals surface area contributed by atoms with Gasteiger partial charge in [-0.3, -0.25) is 9.59 Å². The molecule has 0 unspecified atom stereocenters. The molecule has 21 heavy (non-hydrogen) atoms. The van der Waals surface area contributed by atoms with Crippen LogP contribution in [0.25, 0.3) is 0 Å². The average Bonchev–Trinajstić information content (AvgIpc) is 2.56. The molecule has 1 heterocycles. The van der Waals surface area contributed by atoms with E-state index in [0.29, 0.717) is 45.8 Å². The van der Waals surface area contributed by atoms with Gasteiger partial charge in [0.2, 0.25) is 11.8 Å². The largest absolute Gasteiger partial charge is 0.378 e. The summed E-state index contributed by atoms with van der Waals surface area (Å²) in [6, 6.07) is 0. The smallest absolute Gasteiger partial charge is 0.227 e. The lowest BCUT2D eigenvalue weighted by molar-refractivity contribution is -0.135. The van der Waals surface area contributed by atoms with Gasteiger partial charge in [0.15, 0.2) is 0 Å². The van der Waals surface area contributed by atoms with Crippen LogP contribution >= 0.6 is 0 Å². The minimum Gasteiger partial charge on any atom is -0.378 e. The fourth-order valence-corrected chi connectivity index (χ4v) is 3.19. The molecule has 2 aliphatic rings. The van der Waals surface area contributed by atoms with Gasteiger partial charge >= 0.3 is 0 Å². The highest BCUT2D eigenvalue weighted by Crippen LogP contribution is 2.35. The number of amides is 2. The SMILES string of the molecule is NCC1(C(=O)NCCC(=O)N2CCOCC2)CCCCC1. The normalized spacial score (nSPS) is 21.9. The molecule has 6 heteroatoms. The fourth-order valence-electron chi connectivity index (χ4n) is 3.19. The van der Waals surface area contributed by atoms with Crippen LogP contribution in [0.1, 0.15) is 38.5 Å². The van der Waals surface area contributed by atoms with Crippen molar-refractivity contribution in [3.63, 3.8) is 0 Å². The molecule has 0 aromatic carbocycles. The highest BCUT2D eigenvalue weighted by atomic mass is 16.5. The minimum absolute atomic E-state index is 0.0273. The molecule has 2 fully saturated rings. The zero-order chi connectivity index (χ0) is 15.1. The van der Waals surface area contributed by atoms with E-state index in [0.717, 1.165) is 25.7 Å². The Bertz CT molecular complexity index is 361. The van der Waals surface area contributed by atoms with E-state index in [4.69, 9.17) is 10.5 Å².